The molecule has 0 aliphatic heterocycles. The van der Waals surface area contributed by atoms with Gasteiger partial charge < -0.3 is 14.7 Å². The van der Waals surface area contributed by atoms with Crippen LogP contribution in [0.5, 0.6) is 5.75 Å². The second-order valence-electron chi connectivity index (χ2n) is 5.38. The number of hydrogen-bond acceptors (Lipinski definition) is 4. The summed E-state index contributed by atoms with van der Waals surface area (Å²) in [6, 6.07) is 15.6. The van der Waals surface area contributed by atoms with Gasteiger partial charge in [0, 0.05) is 23.5 Å². The van der Waals surface area contributed by atoms with Crippen molar-refractivity contribution >= 4 is 17.7 Å². The van der Waals surface area contributed by atoms with E-state index in [-0.39, 0.29) is 18.9 Å². The Morgan fingerprint density at radius 1 is 1.17 bits per heavy atom. The molecular formula is C19H23NO3S. The van der Waals surface area contributed by atoms with Gasteiger partial charge in [0.25, 0.3) is 0 Å². The van der Waals surface area contributed by atoms with Crippen molar-refractivity contribution in [3.63, 3.8) is 0 Å². The number of methoxy groups -OCH3 is 1. The quantitative estimate of drug-likeness (QED) is 0.747. The van der Waals surface area contributed by atoms with E-state index in [4.69, 9.17) is 4.74 Å². The topological polar surface area (TPSA) is 49.8 Å². The Hall–Kier alpha value is -1.98. The number of ether oxygens (including phenoxy) is 1. The number of rotatable bonds is 8. The Labute approximate surface area is 147 Å². The maximum absolute atomic E-state index is 12.7. The van der Waals surface area contributed by atoms with Gasteiger partial charge in [-0.1, -0.05) is 30.3 Å². The monoisotopic (exact) mass is 345 g/mol. The van der Waals surface area contributed by atoms with Crippen molar-refractivity contribution in [1.82, 2.24) is 4.90 Å². The average molecular weight is 345 g/mol. The molecule has 5 heteroatoms. The van der Waals surface area contributed by atoms with Crippen molar-refractivity contribution in [3.8, 4) is 5.75 Å². The van der Waals surface area contributed by atoms with Gasteiger partial charge in [-0.05, 0) is 30.0 Å². The van der Waals surface area contributed by atoms with E-state index in [1.54, 1.807) is 23.8 Å². The van der Waals surface area contributed by atoms with E-state index in [1.807, 2.05) is 54.8 Å². The molecule has 0 spiro atoms. The van der Waals surface area contributed by atoms with Gasteiger partial charge in [0.1, 0.15) is 5.75 Å². The molecule has 24 heavy (non-hydrogen) atoms. The molecule has 0 saturated carbocycles. The lowest BCUT2D eigenvalue weighted by molar-refractivity contribution is -0.131. The normalized spacial score (nSPS) is 10.5. The van der Waals surface area contributed by atoms with Crippen molar-refractivity contribution < 1.29 is 14.6 Å². The highest BCUT2D eigenvalue weighted by Gasteiger charge is 2.16. The largest absolute Gasteiger partial charge is 0.496 e. The van der Waals surface area contributed by atoms with Gasteiger partial charge in [-0.3, -0.25) is 4.79 Å². The van der Waals surface area contributed by atoms with Crippen LogP contribution in [0.4, 0.5) is 0 Å². The van der Waals surface area contributed by atoms with Crippen LogP contribution in [0, 0.1) is 0 Å². The number of carbonyl (C=O) groups excluding carboxylic acids is 1. The van der Waals surface area contributed by atoms with Gasteiger partial charge in [0.15, 0.2) is 0 Å². The molecule has 0 aliphatic carbocycles. The molecule has 4 nitrogen and oxygen atoms in total. The first kappa shape index (κ1) is 18.4. The van der Waals surface area contributed by atoms with Crippen molar-refractivity contribution in [3.05, 3.63) is 59.7 Å². The number of hydrogen-bond donors (Lipinski definition) is 1. The highest BCUT2D eigenvalue weighted by Crippen LogP contribution is 2.20. The molecule has 0 atom stereocenters. The lowest BCUT2D eigenvalue weighted by Crippen LogP contribution is -2.34. The van der Waals surface area contributed by atoms with E-state index in [0.29, 0.717) is 18.8 Å². The summed E-state index contributed by atoms with van der Waals surface area (Å²) in [7, 11) is 1.60. The van der Waals surface area contributed by atoms with E-state index < -0.39 is 0 Å². The molecule has 0 fully saturated rings. The van der Waals surface area contributed by atoms with Crippen LogP contribution < -0.4 is 4.74 Å². The summed E-state index contributed by atoms with van der Waals surface area (Å²) in [5, 5.41) is 9.29. The van der Waals surface area contributed by atoms with Gasteiger partial charge >= 0.3 is 0 Å². The molecule has 2 rings (SSSR count). The van der Waals surface area contributed by atoms with Gasteiger partial charge in [-0.15, -0.1) is 11.8 Å². The zero-order valence-electron chi connectivity index (χ0n) is 14.1. The first-order valence-corrected chi connectivity index (χ1v) is 9.04. The summed E-state index contributed by atoms with van der Waals surface area (Å²) in [6.07, 6.45) is 2.29. The van der Waals surface area contributed by atoms with Crippen LogP contribution >= 0.6 is 11.8 Å². The minimum atomic E-state index is -0.0550. The fourth-order valence-corrected chi connectivity index (χ4v) is 2.90. The maximum atomic E-state index is 12.7. The zero-order valence-corrected chi connectivity index (χ0v) is 14.9. The Kier molecular flexibility index (Phi) is 7.15. The van der Waals surface area contributed by atoms with Gasteiger partial charge in [-0.2, -0.15) is 0 Å². The van der Waals surface area contributed by atoms with Crippen molar-refractivity contribution in [2.45, 2.75) is 17.9 Å². The first-order valence-electron chi connectivity index (χ1n) is 7.81. The van der Waals surface area contributed by atoms with Crippen molar-refractivity contribution in [2.75, 3.05) is 26.5 Å². The molecule has 0 unspecified atom stereocenters. The summed E-state index contributed by atoms with van der Waals surface area (Å²) in [5.41, 5.74) is 1.90. The molecule has 2 aromatic rings. The Morgan fingerprint density at radius 2 is 1.88 bits per heavy atom. The minimum Gasteiger partial charge on any atom is -0.496 e. The maximum Gasteiger partial charge on any atom is 0.227 e. The molecule has 2 aromatic carbocycles. The van der Waals surface area contributed by atoms with Crippen LogP contribution in [-0.2, 0) is 17.8 Å². The van der Waals surface area contributed by atoms with Gasteiger partial charge in [0.2, 0.25) is 5.91 Å². The number of carbonyl (C=O) groups is 1. The average Bonchev–Trinajstić information content (AvgIpc) is 2.62. The molecule has 0 aromatic heterocycles. The molecule has 0 heterocycles. The summed E-state index contributed by atoms with van der Waals surface area (Å²) in [5.74, 6) is 0.682. The summed E-state index contributed by atoms with van der Waals surface area (Å²) in [6.45, 7) is 0.752. The summed E-state index contributed by atoms with van der Waals surface area (Å²) in [4.78, 5) is 15.5. The lowest BCUT2D eigenvalue weighted by atomic mass is 10.1. The molecule has 0 saturated heterocycles. The Morgan fingerprint density at radius 3 is 2.50 bits per heavy atom. The van der Waals surface area contributed by atoms with Crippen molar-refractivity contribution in [2.24, 2.45) is 0 Å². The van der Waals surface area contributed by atoms with E-state index in [2.05, 4.69) is 0 Å². The third kappa shape index (κ3) is 5.01. The van der Waals surface area contributed by atoms with E-state index in [9.17, 15) is 9.90 Å². The van der Waals surface area contributed by atoms with Gasteiger partial charge in [0.05, 0.1) is 20.1 Å². The fraction of sp³-hybridized carbons (Fsp3) is 0.316. The second-order valence-corrected chi connectivity index (χ2v) is 6.26. The Bertz CT molecular complexity index is 658. The van der Waals surface area contributed by atoms with E-state index in [0.717, 1.165) is 11.1 Å². The summed E-state index contributed by atoms with van der Waals surface area (Å²) >= 11 is 1.68. The van der Waals surface area contributed by atoms with Crippen LogP contribution in [0.15, 0.2) is 53.4 Å². The number of amides is 1. The standard InChI is InChI=1S/C19H23NO3S/c1-23-18-6-4-3-5-16(18)13-19(22)20(11-12-21)14-15-7-9-17(24-2)10-8-15/h3-10,21H,11-14H2,1-2H3. The molecule has 128 valence electrons. The lowest BCUT2D eigenvalue weighted by Gasteiger charge is -2.22. The molecule has 1 amide bonds. The SMILES string of the molecule is COc1ccccc1CC(=O)N(CCO)Cc1ccc(SC)cc1. The molecule has 0 radical (unpaired) electrons. The molecule has 0 aliphatic rings. The van der Waals surface area contributed by atoms with Crippen molar-refractivity contribution in [1.29, 1.82) is 0 Å². The fourth-order valence-electron chi connectivity index (χ4n) is 2.49. The second kappa shape index (κ2) is 9.35. The number of nitrogens with zero attached hydrogens (tertiary/aromatic N) is 1. The van der Waals surface area contributed by atoms with Crippen LogP contribution in [0.2, 0.25) is 0 Å². The first-order chi connectivity index (χ1) is 11.7. The van der Waals surface area contributed by atoms with Crippen LogP contribution in [0.1, 0.15) is 11.1 Å². The zero-order chi connectivity index (χ0) is 17.4. The van der Waals surface area contributed by atoms with Crippen LogP contribution in [0.3, 0.4) is 0 Å². The highest BCUT2D eigenvalue weighted by atomic mass is 32.2. The van der Waals surface area contributed by atoms with Crippen LogP contribution in [-0.4, -0.2) is 42.4 Å². The molecule has 1 N–H and O–H groups in total. The number of para-hydroxylation sites is 1. The van der Waals surface area contributed by atoms with E-state index in [1.165, 1.54) is 4.90 Å². The summed E-state index contributed by atoms with van der Waals surface area (Å²) < 4.78 is 5.31. The number of aliphatic hydroxyl groups is 1. The minimum absolute atomic E-state index is 0.0255. The molecule has 0 bridgehead atoms. The highest BCUT2D eigenvalue weighted by molar-refractivity contribution is 7.98. The molecular weight excluding hydrogens is 322 g/mol. The van der Waals surface area contributed by atoms with Crippen LogP contribution in [0.25, 0.3) is 0 Å². The smallest absolute Gasteiger partial charge is 0.227 e. The third-order valence-corrected chi connectivity index (χ3v) is 4.53. The predicted molar refractivity (Wildman–Crippen MR) is 97.4 cm³/mol. The number of aliphatic hydroxyl groups excluding tert-OH is 1. The predicted octanol–water partition coefficient (Wildman–Crippen LogP) is 2.98. The number of thioether (sulfide) groups is 1. The third-order valence-electron chi connectivity index (χ3n) is 3.79. The number of benzene rings is 2. The Balaban J connectivity index is 2.09. The van der Waals surface area contributed by atoms with E-state index >= 15 is 0 Å². The van der Waals surface area contributed by atoms with Gasteiger partial charge in [-0.25, -0.2) is 0 Å².